The first-order chi connectivity index (χ1) is 6.18. The number of benzene rings is 1. The molecule has 1 aliphatic carbocycles. The molecule has 2 atom stereocenters. The molecule has 0 N–H and O–H groups in total. The van der Waals surface area contributed by atoms with Crippen LogP contribution in [0, 0.1) is 17.0 Å². The molecule has 2 rings (SSSR count). The number of aryl methyl sites for hydroxylation is 1. The number of hydrogen-bond acceptors (Lipinski definition) is 2. The standard InChI is InChI=1S/C10H11NO2/c1-7-2-4-8(5-3-7)9-6-10(9)11(12)13/h2-5,9-10H,6H2,1H3/t9?,10-/m0/s1. The Morgan fingerprint density at radius 2 is 2.00 bits per heavy atom. The quantitative estimate of drug-likeness (QED) is 0.513. The van der Waals surface area contributed by atoms with Crippen LogP contribution < -0.4 is 0 Å². The Balaban J connectivity index is 2.12. The Morgan fingerprint density at radius 3 is 2.46 bits per heavy atom. The van der Waals surface area contributed by atoms with Crippen molar-refractivity contribution in [3.63, 3.8) is 0 Å². The van der Waals surface area contributed by atoms with E-state index < -0.39 is 0 Å². The normalized spacial score (nSPS) is 25.6. The van der Waals surface area contributed by atoms with Crippen LogP contribution in [-0.4, -0.2) is 11.0 Å². The van der Waals surface area contributed by atoms with Crippen molar-refractivity contribution in [2.24, 2.45) is 0 Å². The van der Waals surface area contributed by atoms with Crippen LogP contribution in [0.25, 0.3) is 0 Å². The largest absolute Gasteiger partial charge is 0.264 e. The molecule has 1 saturated carbocycles. The molecule has 0 bridgehead atoms. The molecule has 1 aromatic carbocycles. The Bertz CT molecular complexity index is 331. The number of nitrogens with zero attached hydrogens (tertiary/aromatic N) is 1. The zero-order valence-electron chi connectivity index (χ0n) is 7.43. The van der Waals surface area contributed by atoms with Gasteiger partial charge < -0.3 is 0 Å². The predicted molar refractivity (Wildman–Crippen MR) is 49.3 cm³/mol. The van der Waals surface area contributed by atoms with Gasteiger partial charge >= 0.3 is 0 Å². The third-order valence-corrected chi connectivity index (χ3v) is 2.53. The highest BCUT2D eigenvalue weighted by atomic mass is 16.6. The van der Waals surface area contributed by atoms with E-state index in [4.69, 9.17) is 0 Å². The molecule has 0 amide bonds. The maximum Gasteiger partial charge on any atom is 0.221 e. The molecule has 0 aromatic heterocycles. The van der Waals surface area contributed by atoms with Crippen LogP contribution in [0.1, 0.15) is 23.5 Å². The van der Waals surface area contributed by atoms with Crippen molar-refractivity contribution in [3.8, 4) is 0 Å². The van der Waals surface area contributed by atoms with E-state index in [1.54, 1.807) is 0 Å². The second-order valence-electron chi connectivity index (χ2n) is 3.61. The molecule has 3 heteroatoms. The van der Waals surface area contributed by atoms with Crippen molar-refractivity contribution >= 4 is 0 Å². The van der Waals surface area contributed by atoms with E-state index in [1.165, 1.54) is 5.56 Å². The van der Waals surface area contributed by atoms with Gasteiger partial charge in [0.1, 0.15) is 0 Å². The lowest BCUT2D eigenvalue weighted by atomic mass is 10.1. The fourth-order valence-corrected chi connectivity index (χ4v) is 1.59. The molecule has 0 heterocycles. The second kappa shape index (κ2) is 2.83. The highest BCUT2D eigenvalue weighted by Gasteiger charge is 2.48. The lowest BCUT2D eigenvalue weighted by Gasteiger charge is -1.97. The summed E-state index contributed by atoms with van der Waals surface area (Å²) in [6.45, 7) is 2.02. The number of hydrogen-bond donors (Lipinski definition) is 0. The molecular weight excluding hydrogens is 166 g/mol. The fraction of sp³-hybridized carbons (Fsp3) is 0.400. The van der Waals surface area contributed by atoms with Crippen molar-refractivity contribution < 1.29 is 4.92 Å². The van der Waals surface area contributed by atoms with Gasteiger partial charge in [-0.2, -0.15) is 0 Å². The summed E-state index contributed by atoms with van der Waals surface area (Å²) in [5, 5.41) is 10.4. The smallest absolute Gasteiger partial charge is 0.221 e. The van der Waals surface area contributed by atoms with Crippen LogP contribution in [0.3, 0.4) is 0 Å². The van der Waals surface area contributed by atoms with Gasteiger partial charge in [0.15, 0.2) is 0 Å². The maximum absolute atomic E-state index is 10.4. The zero-order chi connectivity index (χ0) is 9.42. The van der Waals surface area contributed by atoms with Gasteiger partial charge in [0.25, 0.3) is 0 Å². The monoisotopic (exact) mass is 177 g/mol. The van der Waals surface area contributed by atoms with Crippen molar-refractivity contribution in [2.45, 2.75) is 25.3 Å². The van der Waals surface area contributed by atoms with E-state index in [0.717, 1.165) is 5.56 Å². The van der Waals surface area contributed by atoms with Gasteiger partial charge in [0, 0.05) is 11.3 Å². The zero-order valence-corrected chi connectivity index (χ0v) is 7.43. The summed E-state index contributed by atoms with van der Waals surface area (Å²) in [4.78, 5) is 10.2. The minimum atomic E-state index is -0.331. The SMILES string of the molecule is Cc1ccc(C2C[C@@H]2[N+](=O)[O-])cc1. The summed E-state index contributed by atoms with van der Waals surface area (Å²) in [7, 11) is 0. The molecule has 1 aliphatic rings. The van der Waals surface area contributed by atoms with E-state index in [2.05, 4.69) is 0 Å². The minimum absolute atomic E-state index is 0.163. The summed E-state index contributed by atoms with van der Waals surface area (Å²) < 4.78 is 0. The van der Waals surface area contributed by atoms with Crippen LogP contribution in [0.4, 0.5) is 0 Å². The number of rotatable bonds is 2. The summed E-state index contributed by atoms with van der Waals surface area (Å²) >= 11 is 0. The first-order valence-corrected chi connectivity index (χ1v) is 4.38. The van der Waals surface area contributed by atoms with E-state index in [9.17, 15) is 10.1 Å². The van der Waals surface area contributed by atoms with Gasteiger partial charge in [-0.05, 0) is 12.5 Å². The van der Waals surface area contributed by atoms with E-state index in [-0.39, 0.29) is 16.9 Å². The Hall–Kier alpha value is -1.38. The second-order valence-corrected chi connectivity index (χ2v) is 3.61. The molecule has 1 aromatic rings. The topological polar surface area (TPSA) is 43.1 Å². The summed E-state index contributed by atoms with van der Waals surface area (Å²) in [5.74, 6) is 0.163. The van der Waals surface area contributed by atoms with E-state index in [1.807, 2.05) is 31.2 Å². The van der Waals surface area contributed by atoms with Crippen LogP contribution in [0.5, 0.6) is 0 Å². The lowest BCUT2D eigenvalue weighted by molar-refractivity contribution is -0.496. The average molecular weight is 177 g/mol. The molecule has 68 valence electrons. The Morgan fingerprint density at radius 1 is 1.38 bits per heavy atom. The summed E-state index contributed by atoms with van der Waals surface area (Å²) in [5.41, 5.74) is 2.30. The van der Waals surface area contributed by atoms with Crippen LogP contribution >= 0.6 is 0 Å². The summed E-state index contributed by atoms with van der Waals surface area (Å²) in [6.07, 6.45) is 0.704. The maximum atomic E-state index is 10.4. The first kappa shape index (κ1) is 8.23. The van der Waals surface area contributed by atoms with Crippen LogP contribution in [0.2, 0.25) is 0 Å². The fourth-order valence-electron chi connectivity index (χ4n) is 1.59. The third-order valence-electron chi connectivity index (χ3n) is 2.53. The Kier molecular flexibility index (Phi) is 1.79. The van der Waals surface area contributed by atoms with E-state index >= 15 is 0 Å². The molecule has 0 spiro atoms. The van der Waals surface area contributed by atoms with Crippen LogP contribution in [-0.2, 0) is 0 Å². The molecule has 0 radical (unpaired) electrons. The van der Waals surface area contributed by atoms with Gasteiger partial charge in [-0.3, -0.25) is 10.1 Å². The van der Waals surface area contributed by atoms with Crippen molar-refractivity contribution in [2.75, 3.05) is 0 Å². The predicted octanol–water partition coefficient (Wildman–Crippen LogP) is 2.13. The highest BCUT2D eigenvalue weighted by Crippen LogP contribution is 2.42. The Labute approximate surface area is 76.5 Å². The minimum Gasteiger partial charge on any atom is -0.264 e. The third kappa shape index (κ3) is 1.54. The average Bonchev–Trinajstić information content (AvgIpc) is 2.85. The molecule has 3 nitrogen and oxygen atoms in total. The molecule has 0 saturated heterocycles. The molecular formula is C10H11NO2. The molecule has 1 unspecified atom stereocenters. The lowest BCUT2D eigenvalue weighted by Crippen LogP contribution is -2.02. The molecule has 1 fully saturated rings. The van der Waals surface area contributed by atoms with Gasteiger partial charge in [0.05, 0.1) is 5.92 Å². The molecule has 0 aliphatic heterocycles. The van der Waals surface area contributed by atoms with Gasteiger partial charge in [-0.1, -0.05) is 29.8 Å². The van der Waals surface area contributed by atoms with Crippen molar-refractivity contribution in [1.29, 1.82) is 0 Å². The van der Waals surface area contributed by atoms with Crippen LogP contribution in [0.15, 0.2) is 24.3 Å². The van der Waals surface area contributed by atoms with Crippen molar-refractivity contribution in [3.05, 3.63) is 45.5 Å². The highest BCUT2D eigenvalue weighted by molar-refractivity contribution is 5.29. The van der Waals surface area contributed by atoms with Crippen molar-refractivity contribution in [1.82, 2.24) is 0 Å². The first-order valence-electron chi connectivity index (χ1n) is 4.38. The van der Waals surface area contributed by atoms with Gasteiger partial charge in [-0.25, -0.2) is 0 Å². The molecule has 13 heavy (non-hydrogen) atoms. The van der Waals surface area contributed by atoms with Gasteiger partial charge in [0.2, 0.25) is 6.04 Å². The number of nitro groups is 1. The van der Waals surface area contributed by atoms with E-state index in [0.29, 0.717) is 6.42 Å². The van der Waals surface area contributed by atoms with Gasteiger partial charge in [-0.15, -0.1) is 0 Å². The summed E-state index contributed by atoms with van der Waals surface area (Å²) in [6, 6.07) is 7.66.